The number of alkyl halides is 1. The molecule has 4 nitrogen and oxygen atoms in total. The molecule has 0 heterocycles. The van der Waals surface area contributed by atoms with E-state index in [0.717, 1.165) is 5.56 Å². The second-order valence-corrected chi connectivity index (χ2v) is 4.19. The monoisotopic (exact) mass is 270 g/mol. The van der Waals surface area contributed by atoms with Gasteiger partial charge in [0.1, 0.15) is 0 Å². The Kier molecular flexibility index (Phi) is 5.65. The summed E-state index contributed by atoms with van der Waals surface area (Å²) < 4.78 is 9.69. The van der Waals surface area contributed by atoms with Gasteiger partial charge in [-0.05, 0) is 19.4 Å². The molecule has 0 saturated carbocycles. The Balaban J connectivity index is 2.90. The molecule has 18 heavy (non-hydrogen) atoms. The van der Waals surface area contributed by atoms with Crippen LogP contribution in [0, 0.1) is 6.92 Å². The van der Waals surface area contributed by atoms with Crippen LogP contribution in [0.25, 0.3) is 0 Å². The van der Waals surface area contributed by atoms with E-state index in [1.54, 1.807) is 19.1 Å². The number of esters is 1. The Hall–Kier alpha value is -1.55. The second kappa shape index (κ2) is 7.01. The summed E-state index contributed by atoms with van der Waals surface area (Å²) in [6.07, 6.45) is -0.844. The minimum absolute atomic E-state index is 0.226. The smallest absolute Gasteiger partial charge is 0.328 e. The topological polar surface area (TPSA) is 52.6 Å². The zero-order valence-corrected chi connectivity index (χ0v) is 11.0. The van der Waals surface area contributed by atoms with E-state index >= 15 is 0 Å². The zero-order valence-electron chi connectivity index (χ0n) is 10.3. The summed E-state index contributed by atoms with van der Waals surface area (Å²) in [6.45, 7) is 4.12. The maximum Gasteiger partial charge on any atom is 0.328 e. The highest BCUT2D eigenvalue weighted by molar-refractivity contribution is 6.30. The van der Waals surface area contributed by atoms with E-state index in [0.29, 0.717) is 5.56 Å². The van der Waals surface area contributed by atoms with E-state index in [1.807, 2.05) is 19.1 Å². The van der Waals surface area contributed by atoms with Crippen LogP contribution in [0.15, 0.2) is 24.3 Å². The number of hydrogen-bond donors (Lipinski definition) is 0. The molecule has 1 aromatic rings. The van der Waals surface area contributed by atoms with Gasteiger partial charge in [-0.25, -0.2) is 0 Å². The molecule has 0 unspecified atom stereocenters. The van der Waals surface area contributed by atoms with Crippen LogP contribution in [0.2, 0.25) is 0 Å². The summed E-state index contributed by atoms with van der Waals surface area (Å²) in [5, 5.41) is -1.06. The summed E-state index contributed by atoms with van der Waals surface area (Å²) in [6, 6.07) is 7.23. The summed E-state index contributed by atoms with van der Waals surface area (Å²) in [4.78, 5) is 22.1. The molecular weight excluding hydrogens is 256 g/mol. The minimum atomic E-state index is -1.06. The number of halogens is 1. The average molecular weight is 271 g/mol. The third-order valence-corrected chi connectivity index (χ3v) is 2.79. The second-order valence-electron chi connectivity index (χ2n) is 3.72. The highest BCUT2D eigenvalue weighted by Gasteiger charge is 2.30. The molecule has 1 rings (SSSR count). The molecule has 0 aromatic heterocycles. The molecule has 0 aliphatic heterocycles. The lowest BCUT2D eigenvalue weighted by molar-refractivity contribution is -0.148. The number of hydrogen-bond acceptors (Lipinski definition) is 4. The number of carbonyl (C=O) groups is 2. The normalized spacial score (nSPS) is 13.5. The lowest BCUT2D eigenvalue weighted by atomic mass is 10.0. The lowest BCUT2D eigenvalue weighted by Gasteiger charge is -2.19. The maximum atomic E-state index is 11.5. The Morgan fingerprint density at radius 1 is 1.39 bits per heavy atom. The van der Waals surface area contributed by atoms with E-state index < -0.39 is 17.5 Å². The molecular formula is C13H15ClO4. The number of aryl methyl sites for hydroxylation is 1. The Morgan fingerprint density at radius 3 is 2.50 bits per heavy atom. The molecule has 0 amide bonds. The molecule has 0 radical (unpaired) electrons. The molecule has 0 spiro atoms. The van der Waals surface area contributed by atoms with Gasteiger partial charge < -0.3 is 9.47 Å². The average Bonchev–Trinajstić information content (AvgIpc) is 2.37. The van der Waals surface area contributed by atoms with Crippen LogP contribution >= 0.6 is 11.6 Å². The van der Waals surface area contributed by atoms with E-state index in [-0.39, 0.29) is 13.1 Å². The Bertz CT molecular complexity index is 402. The molecule has 2 atom stereocenters. The van der Waals surface area contributed by atoms with Crippen molar-refractivity contribution in [2.45, 2.75) is 25.3 Å². The minimum Gasteiger partial charge on any atom is -0.465 e. The molecule has 5 heteroatoms. The molecule has 0 bridgehead atoms. The molecule has 0 N–H and O–H groups in total. The van der Waals surface area contributed by atoms with Crippen molar-refractivity contribution in [3.05, 3.63) is 35.4 Å². The number of rotatable bonds is 6. The van der Waals surface area contributed by atoms with Crippen molar-refractivity contribution in [3.63, 3.8) is 0 Å². The fraction of sp³-hybridized carbons (Fsp3) is 0.385. The van der Waals surface area contributed by atoms with Gasteiger partial charge in [-0.2, -0.15) is 0 Å². The number of ether oxygens (including phenoxy) is 2. The third-order valence-electron chi connectivity index (χ3n) is 2.39. The van der Waals surface area contributed by atoms with Gasteiger partial charge in [0.05, 0.1) is 6.61 Å². The van der Waals surface area contributed by atoms with Crippen LogP contribution in [0.3, 0.4) is 0 Å². The first-order chi connectivity index (χ1) is 8.60. The Labute approximate surface area is 111 Å². The van der Waals surface area contributed by atoms with Gasteiger partial charge in [0.2, 0.25) is 0 Å². The van der Waals surface area contributed by atoms with Crippen molar-refractivity contribution < 1.29 is 19.1 Å². The summed E-state index contributed by atoms with van der Waals surface area (Å²) in [5.41, 5.74) is 1.71. The summed E-state index contributed by atoms with van der Waals surface area (Å²) >= 11 is 5.97. The standard InChI is InChI=1S/C13H15ClO4/c1-3-17-13(16)11(14)12(18-8-15)10-6-4-9(2)5-7-10/h4-8,11-12H,3H2,1-2H3/t11-,12-/m1/s1. The molecule has 98 valence electrons. The summed E-state index contributed by atoms with van der Waals surface area (Å²) in [5.74, 6) is -0.605. The predicted octanol–water partition coefficient (Wildman–Crippen LogP) is 2.38. The SMILES string of the molecule is CCOC(=O)[C@H](Cl)[C@H](OC=O)c1ccc(C)cc1. The first-order valence-corrected chi connectivity index (χ1v) is 6.00. The first kappa shape index (κ1) is 14.5. The van der Waals surface area contributed by atoms with Gasteiger partial charge in [0.25, 0.3) is 6.47 Å². The van der Waals surface area contributed by atoms with Gasteiger partial charge in [0.15, 0.2) is 11.5 Å². The quantitative estimate of drug-likeness (QED) is 0.452. The molecule has 0 aliphatic rings. The fourth-order valence-electron chi connectivity index (χ4n) is 1.48. The van der Waals surface area contributed by atoms with E-state index in [4.69, 9.17) is 21.1 Å². The molecule has 1 aromatic carbocycles. The van der Waals surface area contributed by atoms with Crippen LogP contribution < -0.4 is 0 Å². The predicted molar refractivity (Wildman–Crippen MR) is 67.3 cm³/mol. The summed E-state index contributed by atoms with van der Waals surface area (Å²) in [7, 11) is 0. The highest BCUT2D eigenvalue weighted by atomic mass is 35.5. The zero-order chi connectivity index (χ0) is 13.5. The van der Waals surface area contributed by atoms with Gasteiger partial charge in [-0.3, -0.25) is 9.59 Å². The van der Waals surface area contributed by atoms with Gasteiger partial charge in [-0.15, -0.1) is 11.6 Å². The van der Waals surface area contributed by atoms with Crippen molar-refractivity contribution in [1.82, 2.24) is 0 Å². The van der Waals surface area contributed by atoms with Crippen molar-refractivity contribution >= 4 is 24.0 Å². The van der Waals surface area contributed by atoms with Crippen molar-refractivity contribution in [2.24, 2.45) is 0 Å². The van der Waals surface area contributed by atoms with Crippen molar-refractivity contribution in [1.29, 1.82) is 0 Å². The van der Waals surface area contributed by atoms with Crippen LogP contribution in [-0.4, -0.2) is 24.4 Å². The van der Waals surface area contributed by atoms with E-state index in [9.17, 15) is 9.59 Å². The maximum absolute atomic E-state index is 11.5. The van der Waals surface area contributed by atoms with Gasteiger partial charge >= 0.3 is 5.97 Å². The largest absolute Gasteiger partial charge is 0.465 e. The first-order valence-electron chi connectivity index (χ1n) is 5.56. The number of benzene rings is 1. The van der Waals surface area contributed by atoms with Crippen LogP contribution in [0.4, 0.5) is 0 Å². The third kappa shape index (κ3) is 3.74. The van der Waals surface area contributed by atoms with Crippen LogP contribution in [-0.2, 0) is 19.1 Å². The van der Waals surface area contributed by atoms with Crippen LogP contribution in [0.1, 0.15) is 24.2 Å². The van der Waals surface area contributed by atoms with E-state index in [2.05, 4.69) is 0 Å². The van der Waals surface area contributed by atoms with E-state index in [1.165, 1.54) is 0 Å². The van der Waals surface area contributed by atoms with Gasteiger partial charge in [-0.1, -0.05) is 29.8 Å². The van der Waals surface area contributed by atoms with Crippen molar-refractivity contribution in [2.75, 3.05) is 6.61 Å². The van der Waals surface area contributed by atoms with Crippen molar-refractivity contribution in [3.8, 4) is 0 Å². The van der Waals surface area contributed by atoms with Crippen LogP contribution in [0.5, 0.6) is 0 Å². The molecule has 0 fully saturated rings. The highest BCUT2D eigenvalue weighted by Crippen LogP contribution is 2.26. The molecule has 0 aliphatic carbocycles. The fourth-order valence-corrected chi connectivity index (χ4v) is 1.75. The Morgan fingerprint density at radius 2 is 2.00 bits per heavy atom. The lowest BCUT2D eigenvalue weighted by Crippen LogP contribution is -2.27. The number of carbonyl (C=O) groups excluding carboxylic acids is 2. The molecule has 0 saturated heterocycles. The van der Waals surface area contributed by atoms with Gasteiger partial charge in [0, 0.05) is 0 Å².